The van der Waals surface area contributed by atoms with Gasteiger partial charge < -0.3 is 24.4 Å². The Morgan fingerprint density at radius 1 is 1.15 bits per heavy atom. The molecular formula is C28H39N3O7S. The van der Waals surface area contributed by atoms with Crippen LogP contribution in [-0.2, 0) is 21.2 Å². The first kappa shape index (κ1) is 30.2. The molecule has 2 aromatic carbocycles. The van der Waals surface area contributed by atoms with Crippen LogP contribution in [0.1, 0.15) is 39.2 Å². The third-order valence-electron chi connectivity index (χ3n) is 6.35. The second kappa shape index (κ2) is 12.7. The molecule has 2 unspecified atom stereocenters. The van der Waals surface area contributed by atoms with Crippen LogP contribution < -0.4 is 9.46 Å². The highest BCUT2D eigenvalue weighted by Gasteiger charge is 2.36. The molecule has 1 saturated heterocycles. The number of sulfonamides is 1. The van der Waals surface area contributed by atoms with Crippen LogP contribution in [-0.4, -0.2) is 86.2 Å². The van der Waals surface area contributed by atoms with Crippen LogP contribution >= 0.6 is 0 Å². The highest BCUT2D eigenvalue weighted by Crippen LogP contribution is 2.31. The lowest BCUT2D eigenvalue weighted by Gasteiger charge is -2.40. The molecule has 39 heavy (non-hydrogen) atoms. The second-order valence-corrected chi connectivity index (χ2v) is 12.6. The lowest BCUT2D eigenvalue weighted by Crippen LogP contribution is -2.57. The van der Waals surface area contributed by atoms with E-state index in [-0.39, 0.29) is 6.61 Å². The number of likely N-dealkylation sites (tertiary alicyclic amines) is 1. The van der Waals surface area contributed by atoms with Crippen molar-refractivity contribution in [1.29, 1.82) is 0 Å². The van der Waals surface area contributed by atoms with Crippen molar-refractivity contribution in [2.24, 2.45) is 0 Å². The van der Waals surface area contributed by atoms with E-state index in [1.807, 2.05) is 69.3 Å². The Labute approximate surface area is 230 Å². The molecule has 1 heterocycles. The zero-order chi connectivity index (χ0) is 28.8. The van der Waals surface area contributed by atoms with E-state index in [1.54, 1.807) is 7.05 Å². The van der Waals surface area contributed by atoms with Gasteiger partial charge in [0.25, 0.3) is 0 Å². The van der Waals surface area contributed by atoms with Crippen molar-refractivity contribution in [1.82, 2.24) is 14.5 Å². The maximum absolute atomic E-state index is 12.2. The number of benzene rings is 2. The summed E-state index contributed by atoms with van der Waals surface area (Å²) >= 11 is 0. The van der Waals surface area contributed by atoms with Gasteiger partial charge in [-0.2, -0.15) is 0 Å². The van der Waals surface area contributed by atoms with Crippen LogP contribution in [0.5, 0.6) is 5.75 Å². The Hall–Kier alpha value is -3.31. The number of carboxylic acid groups (broad SMARTS) is 1. The molecular weight excluding hydrogens is 522 g/mol. The van der Waals surface area contributed by atoms with Gasteiger partial charge in [-0.05, 0) is 57.2 Å². The third kappa shape index (κ3) is 9.14. The number of carbonyl (C=O) groups is 2. The van der Waals surface area contributed by atoms with E-state index in [0.717, 1.165) is 22.9 Å². The summed E-state index contributed by atoms with van der Waals surface area (Å²) in [6.45, 7) is 6.40. The van der Waals surface area contributed by atoms with Gasteiger partial charge in [0.2, 0.25) is 10.0 Å². The SMILES string of the molecule is CN(CCOc1ccccc1-c1cccc(CC2C(NS(C)(=O)=O)CCCN2C(=O)O)c1)C(=O)OC(C)(C)C. The fourth-order valence-corrected chi connectivity index (χ4v) is 5.45. The number of piperidine rings is 1. The molecule has 11 heteroatoms. The number of ether oxygens (including phenoxy) is 2. The van der Waals surface area contributed by atoms with E-state index in [2.05, 4.69) is 4.72 Å². The minimum Gasteiger partial charge on any atom is -0.491 e. The highest BCUT2D eigenvalue weighted by molar-refractivity contribution is 7.88. The van der Waals surface area contributed by atoms with Crippen LogP contribution in [0.15, 0.2) is 48.5 Å². The summed E-state index contributed by atoms with van der Waals surface area (Å²) in [6.07, 6.45) is 1.11. The Morgan fingerprint density at radius 2 is 1.87 bits per heavy atom. The third-order valence-corrected chi connectivity index (χ3v) is 7.08. The minimum absolute atomic E-state index is 0.265. The van der Waals surface area contributed by atoms with Crippen LogP contribution in [0.25, 0.3) is 11.1 Å². The van der Waals surface area contributed by atoms with E-state index in [9.17, 15) is 23.1 Å². The summed E-state index contributed by atoms with van der Waals surface area (Å²) in [4.78, 5) is 27.0. The first-order valence-corrected chi connectivity index (χ1v) is 14.8. The smallest absolute Gasteiger partial charge is 0.410 e. The van der Waals surface area contributed by atoms with Gasteiger partial charge in [-0.1, -0.05) is 42.5 Å². The number of amides is 2. The van der Waals surface area contributed by atoms with Crippen molar-refractivity contribution in [2.45, 2.75) is 57.7 Å². The van der Waals surface area contributed by atoms with E-state index in [0.29, 0.717) is 38.1 Å². The number of hydrogen-bond acceptors (Lipinski definition) is 6. The summed E-state index contributed by atoms with van der Waals surface area (Å²) in [5.41, 5.74) is 2.03. The Bertz CT molecular complexity index is 1260. The summed E-state index contributed by atoms with van der Waals surface area (Å²) in [5.74, 6) is 0.647. The van der Waals surface area contributed by atoms with E-state index < -0.39 is 39.9 Å². The molecule has 1 fully saturated rings. The summed E-state index contributed by atoms with van der Waals surface area (Å²) < 4.78 is 38.0. The molecule has 214 valence electrons. The van der Waals surface area contributed by atoms with Crippen molar-refractivity contribution >= 4 is 22.2 Å². The molecule has 1 aliphatic rings. The van der Waals surface area contributed by atoms with Crippen LogP contribution in [0, 0.1) is 0 Å². The molecule has 2 aromatic rings. The van der Waals surface area contributed by atoms with Gasteiger partial charge >= 0.3 is 12.2 Å². The molecule has 10 nitrogen and oxygen atoms in total. The topological polar surface area (TPSA) is 125 Å². The molecule has 2 amide bonds. The molecule has 0 saturated carbocycles. The zero-order valence-corrected chi connectivity index (χ0v) is 24.0. The number of para-hydroxylation sites is 1. The van der Waals surface area contributed by atoms with Gasteiger partial charge in [-0.15, -0.1) is 0 Å². The Kier molecular flexibility index (Phi) is 9.84. The van der Waals surface area contributed by atoms with Crippen molar-refractivity contribution in [3.63, 3.8) is 0 Å². The number of rotatable bonds is 9. The van der Waals surface area contributed by atoms with Crippen LogP contribution in [0.2, 0.25) is 0 Å². The maximum atomic E-state index is 12.2. The van der Waals surface area contributed by atoms with E-state index >= 15 is 0 Å². The molecule has 2 N–H and O–H groups in total. The minimum atomic E-state index is -3.50. The number of nitrogens with zero attached hydrogens (tertiary/aromatic N) is 2. The molecule has 0 aliphatic carbocycles. The highest BCUT2D eigenvalue weighted by atomic mass is 32.2. The number of hydrogen-bond donors (Lipinski definition) is 2. The van der Waals surface area contributed by atoms with E-state index in [4.69, 9.17) is 9.47 Å². The fourth-order valence-electron chi connectivity index (χ4n) is 4.62. The standard InChI is InChI=1S/C28H39N3O7S/c1-28(2,3)38-27(34)30(4)16-17-37-25-14-7-6-12-22(25)21-11-8-10-20(18-21)19-24-23(29-39(5,35)36)13-9-15-31(24)26(32)33/h6-8,10-12,14,18,23-24,29H,9,13,15-17,19H2,1-5H3,(H,32,33). The van der Waals surface area contributed by atoms with Gasteiger partial charge in [-0.3, -0.25) is 0 Å². The van der Waals surface area contributed by atoms with Gasteiger partial charge in [0.15, 0.2) is 0 Å². The van der Waals surface area contributed by atoms with Gasteiger partial charge in [0, 0.05) is 25.2 Å². The first-order chi connectivity index (χ1) is 18.2. The summed E-state index contributed by atoms with van der Waals surface area (Å²) in [5, 5.41) is 9.78. The van der Waals surface area contributed by atoms with Crippen molar-refractivity contribution < 1.29 is 32.6 Å². The predicted molar refractivity (Wildman–Crippen MR) is 149 cm³/mol. The first-order valence-electron chi connectivity index (χ1n) is 13.0. The lowest BCUT2D eigenvalue weighted by molar-refractivity contribution is 0.0278. The predicted octanol–water partition coefficient (Wildman–Crippen LogP) is 4.20. The van der Waals surface area contributed by atoms with Crippen LogP contribution in [0.4, 0.5) is 9.59 Å². The lowest BCUT2D eigenvalue weighted by atomic mass is 9.90. The largest absolute Gasteiger partial charge is 0.491 e. The number of carbonyl (C=O) groups excluding carboxylic acids is 1. The quantitative estimate of drug-likeness (QED) is 0.470. The van der Waals surface area contributed by atoms with E-state index in [1.165, 1.54) is 9.80 Å². The summed E-state index contributed by atoms with van der Waals surface area (Å²) in [6, 6.07) is 14.2. The van der Waals surface area contributed by atoms with Crippen molar-refractivity contribution in [3.8, 4) is 16.9 Å². The van der Waals surface area contributed by atoms with Crippen molar-refractivity contribution in [3.05, 3.63) is 54.1 Å². The molecule has 2 atom stereocenters. The fraction of sp³-hybridized carbons (Fsp3) is 0.500. The zero-order valence-electron chi connectivity index (χ0n) is 23.2. The monoisotopic (exact) mass is 561 g/mol. The second-order valence-electron chi connectivity index (χ2n) is 10.8. The average Bonchev–Trinajstić information content (AvgIpc) is 2.83. The Balaban J connectivity index is 1.76. The molecule has 0 spiro atoms. The molecule has 0 aromatic heterocycles. The summed E-state index contributed by atoms with van der Waals surface area (Å²) in [7, 11) is -1.85. The van der Waals surface area contributed by atoms with Gasteiger partial charge in [-0.25, -0.2) is 22.7 Å². The number of nitrogens with one attached hydrogen (secondary N) is 1. The van der Waals surface area contributed by atoms with Gasteiger partial charge in [0.05, 0.1) is 18.8 Å². The molecule has 0 bridgehead atoms. The maximum Gasteiger partial charge on any atom is 0.410 e. The average molecular weight is 562 g/mol. The Morgan fingerprint density at radius 3 is 2.54 bits per heavy atom. The molecule has 1 aliphatic heterocycles. The molecule has 3 rings (SSSR count). The normalized spacial score (nSPS) is 17.9. The van der Waals surface area contributed by atoms with Crippen LogP contribution in [0.3, 0.4) is 0 Å². The molecule has 0 radical (unpaired) electrons. The number of likely N-dealkylation sites (N-methyl/N-ethyl adjacent to an activating group) is 1. The van der Waals surface area contributed by atoms with Gasteiger partial charge in [0.1, 0.15) is 18.0 Å². The van der Waals surface area contributed by atoms with Crippen molar-refractivity contribution in [2.75, 3.05) is 33.0 Å².